The molecule has 1 fully saturated rings. The van der Waals surface area contributed by atoms with E-state index in [0.29, 0.717) is 10.5 Å². The number of hydrogen-bond acceptors (Lipinski definition) is 0. The molecule has 1 saturated carbocycles. The van der Waals surface area contributed by atoms with Crippen molar-refractivity contribution in [3.05, 3.63) is 0 Å². The predicted molar refractivity (Wildman–Crippen MR) is 63.8 cm³/mol. The van der Waals surface area contributed by atoms with Crippen molar-refractivity contribution in [2.24, 2.45) is 5.92 Å². The van der Waals surface area contributed by atoms with E-state index in [9.17, 15) is 0 Å². The summed E-state index contributed by atoms with van der Waals surface area (Å²) in [5, 5.41) is 2.66. The first kappa shape index (κ1) is 9.76. The van der Waals surface area contributed by atoms with Crippen molar-refractivity contribution in [3.63, 3.8) is 0 Å². The summed E-state index contributed by atoms with van der Waals surface area (Å²) in [6, 6.07) is 0. The molecule has 1 heterocycles. The van der Waals surface area contributed by atoms with E-state index < -0.39 is 0 Å². The summed E-state index contributed by atoms with van der Waals surface area (Å²) in [4.78, 5) is 0. The van der Waals surface area contributed by atoms with Gasteiger partial charge in [0.15, 0.2) is 0 Å². The summed E-state index contributed by atoms with van der Waals surface area (Å²) in [7, 11) is 0.670. The monoisotopic (exact) mass is 198 g/mol. The second-order valence-corrected chi connectivity index (χ2v) is 6.83. The first-order valence-corrected chi connectivity index (χ1v) is 7.50. The highest BCUT2D eigenvalue weighted by molar-refractivity contribution is 8.24. The van der Waals surface area contributed by atoms with Gasteiger partial charge in [-0.15, -0.1) is 0 Å². The maximum Gasteiger partial charge on any atom is 0.0365 e. The van der Waals surface area contributed by atoms with Gasteiger partial charge in [-0.2, -0.15) is 10.5 Å². The average Bonchev–Trinajstić information content (AvgIpc) is 2.80. The van der Waals surface area contributed by atoms with Crippen LogP contribution in [0.1, 0.15) is 51.9 Å². The Morgan fingerprint density at radius 2 is 1.92 bits per heavy atom. The number of rotatable bonds is 3. The normalized spacial score (nSPS) is 40.0. The van der Waals surface area contributed by atoms with Crippen LogP contribution in [0.4, 0.5) is 0 Å². The molecule has 1 aliphatic carbocycles. The highest BCUT2D eigenvalue weighted by Crippen LogP contribution is 2.55. The zero-order valence-corrected chi connectivity index (χ0v) is 9.83. The van der Waals surface area contributed by atoms with Gasteiger partial charge in [-0.3, -0.25) is 0 Å². The van der Waals surface area contributed by atoms with Crippen LogP contribution in [0.25, 0.3) is 0 Å². The second kappa shape index (κ2) is 3.76. The molecule has 2 atom stereocenters. The lowest BCUT2D eigenvalue weighted by Crippen LogP contribution is -2.28. The van der Waals surface area contributed by atoms with Crippen molar-refractivity contribution in [2.75, 3.05) is 6.26 Å². The van der Waals surface area contributed by atoms with Crippen molar-refractivity contribution < 1.29 is 0 Å². The van der Waals surface area contributed by atoms with Gasteiger partial charge in [-0.05, 0) is 36.8 Å². The Morgan fingerprint density at radius 1 is 1.31 bits per heavy atom. The molecular weight excluding hydrogens is 176 g/mol. The molecule has 0 nitrogen and oxygen atoms in total. The van der Waals surface area contributed by atoms with Crippen LogP contribution in [0.15, 0.2) is 0 Å². The van der Waals surface area contributed by atoms with Crippen LogP contribution < -0.4 is 0 Å². The molecule has 76 valence electrons. The fraction of sp³-hybridized carbons (Fsp3) is 0.917. The highest BCUT2D eigenvalue weighted by Gasteiger charge is 2.46. The van der Waals surface area contributed by atoms with Crippen molar-refractivity contribution >= 4 is 15.9 Å². The van der Waals surface area contributed by atoms with Crippen LogP contribution in [-0.4, -0.2) is 16.4 Å². The van der Waals surface area contributed by atoms with Gasteiger partial charge in [-0.25, -0.2) is 0 Å². The zero-order valence-electron chi connectivity index (χ0n) is 9.01. The molecule has 1 aliphatic heterocycles. The summed E-state index contributed by atoms with van der Waals surface area (Å²) in [5.74, 6) is 1.06. The van der Waals surface area contributed by atoms with Gasteiger partial charge in [-0.1, -0.05) is 32.6 Å². The molecule has 0 aromatic carbocycles. The molecule has 0 radical (unpaired) electrons. The maximum atomic E-state index is 2.66. The highest BCUT2D eigenvalue weighted by atomic mass is 32.2. The van der Waals surface area contributed by atoms with Gasteiger partial charge in [0.25, 0.3) is 0 Å². The molecule has 0 amide bonds. The first-order valence-electron chi connectivity index (χ1n) is 5.80. The summed E-state index contributed by atoms with van der Waals surface area (Å²) in [6.45, 7) is 2.34. The molecule has 2 unspecified atom stereocenters. The van der Waals surface area contributed by atoms with Gasteiger partial charge in [0.2, 0.25) is 0 Å². The SMILES string of the molecule is CCCC1(C2CCCCC2)C=S1C. The Morgan fingerprint density at radius 3 is 2.38 bits per heavy atom. The minimum Gasteiger partial charge on any atom is -0.181 e. The smallest absolute Gasteiger partial charge is 0.0365 e. The lowest BCUT2D eigenvalue weighted by Gasteiger charge is -2.31. The minimum absolute atomic E-state index is 0.670. The number of hydrogen-bond donors (Lipinski definition) is 0. The molecule has 0 bridgehead atoms. The molecule has 1 heteroatoms. The molecule has 0 aromatic rings. The summed E-state index contributed by atoms with van der Waals surface area (Å²) in [5.41, 5.74) is 0. The molecule has 0 saturated heterocycles. The van der Waals surface area contributed by atoms with E-state index in [1.807, 2.05) is 0 Å². The van der Waals surface area contributed by atoms with E-state index in [-0.39, 0.29) is 0 Å². The van der Waals surface area contributed by atoms with Crippen molar-refractivity contribution in [3.8, 4) is 0 Å². The van der Waals surface area contributed by atoms with Gasteiger partial charge in [0.05, 0.1) is 0 Å². The van der Waals surface area contributed by atoms with Crippen LogP contribution in [0.2, 0.25) is 0 Å². The zero-order chi connectivity index (χ0) is 9.31. The van der Waals surface area contributed by atoms with Crippen molar-refractivity contribution in [1.82, 2.24) is 0 Å². The fourth-order valence-electron chi connectivity index (χ4n) is 3.04. The van der Waals surface area contributed by atoms with Crippen LogP contribution in [-0.2, 0) is 0 Å². The minimum atomic E-state index is 0.670. The topological polar surface area (TPSA) is 0 Å². The largest absolute Gasteiger partial charge is 0.181 e. The van der Waals surface area contributed by atoms with E-state index in [1.54, 1.807) is 0 Å². The van der Waals surface area contributed by atoms with Crippen molar-refractivity contribution in [1.29, 1.82) is 0 Å². The van der Waals surface area contributed by atoms with Crippen LogP contribution in [0, 0.1) is 5.92 Å². The standard InChI is InChI=1S/C12H22S/c1-3-9-12(10-13(12)2)11-7-5-4-6-8-11/h10-11H,3-9H2,1-2H3. The molecule has 0 N–H and O–H groups in total. The summed E-state index contributed by atoms with van der Waals surface area (Å²) >= 11 is 0. The molecule has 2 rings (SSSR count). The van der Waals surface area contributed by atoms with E-state index in [2.05, 4.69) is 18.5 Å². The Kier molecular flexibility index (Phi) is 2.83. The Balaban J connectivity index is 1.96. The Bertz CT molecular complexity index is 213. The van der Waals surface area contributed by atoms with Gasteiger partial charge >= 0.3 is 0 Å². The lowest BCUT2D eigenvalue weighted by molar-refractivity contribution is 0.320. The Hall–Kier alpha value is 0.220. The molecule has 0 spiro atoms. The van der Waals surface area contributed by atoms with Crippen LogP contribution >= 0.6 is 10.5 Å². The molecular formula is C12H22S. The fourth-order valence-corrected chi connectivity index (χ4v) is 5.48. The molecule has 0 aromatic heterocycles. The van der Waals surface area contributed by atoms with E-state index in [4.69, 9.17) is 0 Å². The Labute approximate surface area is 85.0 Å². The third-order valence-corrected chi connectivity index (χ3v) is 6.23. The van der Waals surface area contributed by atoms with E-state index in [1.165, 1.54) is 44.9 Å². The quantitative estimate of drug-likeness (QED) is 0.605. The average molecular weight is 198 g/mol. The first-order chi connectivity index (χ1) is 6.29. The van der Waals surface area contributed by atoms with Gasteiger partial charge in [0.1, 0.15) is 0 Å². The third kappa shape index (κ3) is 1.72. The second-order valence-electron chi connectivity index (χ2n) is 4.72. The van der Waals surface area contributed by atoms with Gasteiger partial charge in [0, 0.05) is 4.75 Å². The predicted octanol–water partition coefficient (Wildman–Crippen LogP) is 3.82. The van der Waals surface area contributed by atoms with Crippen molar-refractivity contribution in [2.45, 2.75) is 56.6 Å². The third-order valence-electron chi connectivity index (χ3n) is 3.86. The van der Waals surface area contributed by atoms with Crippen LogP contribution in [0.3, 0.4) is 0 Å². The summed E-state index contributed by atoms with van der Waals surface area (Å²) < 4.78 is 0.731. The van der Waals surface area contributed by atoms with E-state index in [0.717, 1.165) is 10.7 Å². The van der Waals surface area contributed by atoms with Crippen LogP contribution in [0.5, 0.6) is 0 Å². The van der Waals surface area contributed by atoms with Gasteiger partial charge < -0.3 is 0 Å². The summed E-state index contributed by atoms with van der Waals surface area (Å²) in [6.07, 6.45) is 12.8. The maximum absolute atomic E-state index is 2.66. The molecule has 13 heavy (non-hydrogen) atoms. The lowest BCUT2D eigenvalue weighted by atomic mass is 9.79. The molecule has 2 aliphatic rings. The van der Waals surface area contributed by atoms with E-state index >= 15 is 0 Å².